The molecule has 2 amide bonds. The number of para-hydroxylation sites is 1. The Bertz CT molecular complexity index is 1100. The predicted octanol–water partition coefficient (Wildman–Crippen LogP) is 3.26. The summed E-state index contributed by atoms with van der Waals surface area (Å²) >= 11 is 0. The highest BCUT2D eigenvalue weighted by Crippen LogP contribution is 2.18. The van der Waals surface area contributed by atoms with Crippen molar-refractivity contribution in [2.75, 3.05) is 5.32 Å². The second kappa shape index (κ2) is 10.3. The number of rotatable bonds is 7. The molecule has 0 aromatic heterocycles. The van der Waals surface area contributed by atoms with Crippen molar-refractivity contribution in [1.29, 1.82) is 0 Å². The van der Waals surface area contributed by atoms with Gasteiger partial charge in [-0.25, -0.2) is 5.43 Å². The Morgan fingerprint density at radius 2 is 1.61 bits per heavy atom. The summed E-state index contributed by atoms with van der Waals surface area (Å²) in [6.07, 6.45) is 1.37. The molecule has 0 spiro atoms. The van der Waals surface area contributed by atoms with Gasteiger partial charge in [0.25, 0.3) is 5.69 Å². The molecule has 0 radical (unpaired) electrons. The number of carbonyl (C=O) groups is 2. The van der Waals surface area contributed by atoms with Crippen molar-refractivity contribution >= 4 is 29.4 Å². The number of benzene rings is 3. The monoisotopic (exact) mass is 418 g/mol. The van der Waals surface area contributed by atoms with Crippen molar-refractivity contribution < 1.29 is 19.2 Å². The fraction of sp³-hybridized carbons (Fsp3) is 0.0455. The quantitative estimate of drug-likeness (QED) is 0.264. The van der Waals surface area contributed by atoms with Gasteiger partial charge in [0, 0.05) is 23.4 Å². The predicted molar refractivity (Wildman–Crippen MR) is 115 cm³/mol. The first-order valence-electron chi connectivity index (χ1n) is 9.17. The lowest BCUT2D eigenvalue weighted by atomic mass is 10.2. The number of hydrogen-bond donors (Lipinski definition) is 2. The third-order valence-electron chi connectivity index (χ3n) is 4.07. The molecule has 3 aromatic rings. The summed E-state index contributed by atoms with van der Waals surface area (Å²) in [6.45, 7) is 0.371. The van der Waals surface area contributed by atoms with Crippen molar-refractivity contribution in [3.8, 4) is 5.75 Å². The zero-order valence-corrected chi connectivity index (χ0v) is 16.2. The molecule has 0 saturated heterocycles. The Morgan fingerprint density at radius 1 is 0.935 bits per heavy atom. The number of non-ortho nitro benzene ring substituents is 1. The summed E-state index contributed by atoms with van der Waals surface area (Å²) < 4.78 is 5.80. The number of amides is 2. The van der Waals surface area contributed by atoms with E-state index in [-0.39, 0.29) is 11.4 Å². The van der Waals surface area contributed by atoms with Gasteiger partial charge in [-0.2, -0.15) is 5.10 Å². The molecule has 0 saturated carbocycles. The number of nitro benzene ring substituents is 1. The molecular formula is C22H18N4O5. The number of nitro groups is 1. The minimum absolute atomic E-state index is 0.125. The van der Waals surface area contributed by atoms with Gasteiger partial charge in [-0.3, -0.25) is 19.7 Å². The number of anilines is 1. The Hall–Kier alpha value is -4.53. The van der Waals surface area contributed by atoms with Crippen molar-refractivity contribution in [2.24, 2.45) is 5.10 Å². The molecule has 0 heterocycles. The molecule has 9 heteroatoms. The van der Waals surface area contributed by atoms with Gasteiger partial charge in [-0.15, -0.1) is 0 Å². The lowest BCUT2D eigenvalue weighted by Crippen LogP contribution is -2.32. The summed E-state index contributed by atoms with van der Waals surface area (Å²) in [5.74, 6) is -1.38. The highest BCUT2D eigenvalue weighted by Gasteiger charge is 2.14. The third-order valence-corrected chi connectivity index (χ3v) is 4.07. The minimum Gasteiger partial charge on any atom is -0.488 e. The van der Waals surface area contributed by atoms with E-state index >= 15 is 0 Å². The van der Waals surface area contributed by atoms with E-state index < -0.39 is 16.7 Å². The summed E-state index contributed by atoms with van der Waals surface area (Å²) in [4.78, 5) is 34.0. The van der Waals surface area contributed by atoms with Crippen LogP contribution in [0.25, 0.3) is 0 Å². The average Bonchev–Trinajstić information content (AvgIpc) is 2.79. The zero-order valence-electron chi connectivity index (χ0n) is 16.2. The standard InChI is InChI=1S/C22H18N4O5/c27-21(24-18-10-12-19(13-11-18)26(29)30)22(28)25-23-14-17-8-4-5-9-20(17)31-15-16-6-2-1-3-7-16/h1-14H,15H2,(H,24,27)(H,25,28)/b23-14-. The van der Waals surface area contributed by atoms with Crippen LogP contribution in [-0.4, -0.2) is 23.0 Å². The van der Waals surface area contributed by atoms with E-state index in [0.29, 0.717) is 17.9 Å². The van der Waals surface area contributed by atoms with Gasteiger partial charge in [-0.05, 0) is 29.8 Å². The van der Waals surface area contributed by atoms with Crippen LogP contribution < -0.4 is 15.5 Å². The largest absolute Gasteiger partial charge is 0.488 e. The molecule has 0 fully saturated rings. The van der Waals surface area contributed by atoms with Crippen LogP contribution in [0.2, 0.25) is 0 Å². The minimum atomic E-state index is -0.989. The number of hydrogen-bond acceptors (Lipinski definition) is 6. The molecule has 0 aliphatic carbocycles. The first-order chi connectivity index (χ1) is 15.0. The first kappa shape index (κ1) is 21.2. The fourth-order valence-electron chi connectivity index (χ4n) is 2.52. The van der Waals surface area contributed by atoms with Gasteiger partial charge in [0.15, 0.2) is 0 Å². The molecule has 156 valence electrons. The second-order valence-corrected chi connectivity index (χ2v) is 6.27. The van der Waals surface area contributed by atoms with Gasteiger partial charge in [0.1, 0.15) is 12.4 Å². The van der Waals surface area contributed by atoms with Crippen LogP contribution >= 0.6 is 0 Å². The van der Waals surface area contributed by atoms with E-state index in [4.69, 9.17) is 4.74 Å². The maximum atomic E-state index is 11.9. The van der Waals surface area contributed by atoms with Crippen LogP contribution in [0.15, 0.2) is 84.0 Å². The van der Waals surface area contributed by atoms with Crippen molar-refractivity contribution in [1.82, 2.24) is 5.43 Å². The van der Waals surface area contributed by atoms with Crippen LogP contribution in [0, 0.1) is 10.1 Å². The molecule has 31 heavy (non-hydrogen) atoms. The topological polar surface area (TPSA) is 123 Å². The van der Waals surface area contributed by atoms with Crippen LogP contribution in [-0.2, 0) is 16.2 Å². The molecule has 9 nitrogen and oxygen atoms in total. The van der Waals surface area contributed by atoms with E-state index in [9.17, 15) is 19.7 Å². The second-order valence-electron chi connectivity index (χ2n) is 6.27. The van der Waals surface area contributed by atoms with E-state index in [1.165, 1.54) is 30.5 Å². The summed E-state index contributed by atoms with van der Waals surface area (Å²) in [5, 5.41) is 16.8. The van der Waals surface area contributed by atoms with E-state index in [0.717, 1.165) is 5.56 Å². The number of nitrogens with one attached hydrogen (secondary N) is 2. The van der Waals surface area contributed by atoms with Gasteiger partial charge >= 0.3 is 11.8 Å². The molecule has 0 atom stereocenters. The SMILES string of the molecule is O=C(N/N=C\c1ccccc1OCc1ccccc1)C(=O)Nc1ccc([N+](=O)[O-])cc1. The highest BCUT2D eigenvalue weighted by atomic mass is 16.6. The Balaban J connectivity index is 1.55. The van der Waals surface area contributed by atoms with E-state index in [1.807, 2.05) is 36.4 Å². The fourth-order valence-corrected chi connectivity index (χ4v) is 2.52. The number of nitrogens with zero attached hydrogens (tertiary/aromatic N) is 2. The summed E-state index contributed by atoms with van der Waals surface area (Å²) in [6, 6.07) is 21.9. The van der Waals surface area contributed by atoms with E-state index in [1.54, 1.807) is 18.2 Å². The molecule has 0 aliphatic heterocycles. The Morgan fingerprint density at radius 3 is 2.32 bits per heavy atom. The van der Waals surface area contributed by atoms with E-state index in [2.05, 4.69) is 15.8 Å². The lowest BCUT2D eigenvalue weighted by Gasteiger charge is -2.09. The number of hydrazone groups is 1. The molecule has 2 N–H and O–H groups in total. The van der Waals surface area contributed by atoms with Crippen LogP contribution in [0.1, 0.15) is 11.1 Å². The van der Waals surface area contributed by atoms with Crippen LogP contribution in [0.3, 0.4) is 0 Å². The van der Waals surface area contributed by atoms with Crippen LogP contribution in [0.4, 0.5) is 11.4 Å². The van der Waals surface area contributed by atoms with Crippen molar-refractivity contribution in [2.45, 2.75) is 6.61 Å². The summed E-state index contributed by atoms with van der Waals surface area (Å²) in [5.41, 5.74) is 3.88. The van der Waals surface area contributed by atoms with Crippen LogP contribution in [0.5, 0.6) is 5.75 Å². The molecule has 3 rings (SSSR count). The van der Waals surface area contributed by atoms with Gasteiger partial charge in [0.2, 0.25) is 0 Å². The maximum Gasteiger partial charge on any atom is 0.329 e. The lowest BCUT2D eigenvalue weighted by molar-refractivity contribution is -0.384. The molecular weight excluding hydrogens is 400 g/mol. The first-order valence-corrected chi connectivity index (χ1v) is 9.17. The van der Waals surface area contributed by atoms with Crippen molar-refractivity contribution in [3.63, 3.8) is 0 Å². The maximum absolute atomic E-state index is 11.9. The average molecular weight is 418 g/mol. The third kappa shape index (κ3) is 6.23. The normalized spacial score (nSPS) is 10.5. The van der Waals surface area contributed by atoms with Gasteiger partial charge in [-0.1, -0.05) is 42.5 Å². The molecule has 0 unspecified atom stereocenters. The Labute approximate surface area is 177 Å². The molecule has 0 aliphatic rings. The highest BCUT2D eigenvalue weighted by molar-refractivity contribution is 6.39. The molecule has 0 bridgehead atoms. The zero-order chi connectivity index (χ0) is 22.1. The van der Waals surface area contributed by atoms with Crippen molar-refractivity contribution in [3.05, 3.63) is 100 Å². The smallest absolute Gasteiger partial charge is 0.329 e. The summed E-state index contributed by atoms with van der Waals surface area (Å²) in [7, 11) is 0. The number of ether oxygens (including phenoxy) is 1. The molecule has 3 aromatic carbocycles. The van der Waals surface area contributed by atoms with Gasteiger partial charge < -0.3 is 10.1 Å². The number of carbonyl (C=O) groups excluding carboxylic acids is 2. The van der Waals surface area contributed by atoms with Gasteiger partial charge in [0.05, 0.1) is 11.1 Å². The Kier molecular flexibility index (Phi) is 7.04.